The topological polar surface area (TPSA) is 104 Å². The number of carboxylic acids is 1. The number of amides is 1. The van der Waals surface area contributed by atoms with Crippen molar-refractivity contribution < 1.29 is 23.1 Å². The summed E-state index contributed by atoms with van der Waals surface area (Å²) in [6.07, 6.45) is 0.810. The van der Waals surface area contributed by atoms with E-state index in [0.717, 1.165) is 5.56 Å². The molecule has 0 saturated carbocycles. The van der Waals surface area contributed by atoms with Gasteiger partial charge in [0.2, 0.25) is 15.9 Å². The van der Waals surface area contributed by atoms with E-state index in [0.29, 0.717) is 24.0 Å². The van der Waals surface area contributed by atoms with E-state index in [2.05, 4.69) is 5.32 Å². The Labute approximate surface area is 154 Å². The maximum atomic E-state index is 13.2. The van der Waals surface area contributed by atoms with Crippen LogP contribution in [0.1, 0.15) is 42.9 Å². The van der Waals surface area contributed by atoms with E-state index in [4.69, 9.17) is 5.11 Å². The highest BCUT2D eigenvalue weighted by atomic mass is 32.2. The second-order valence-electron chi connectivity index (χ2n) is 7.01. The summed E-state index contributed by atoms with van der Waals surface area (Å²) in [5.74, 6) is -1.46. The summed E-state index contributed by atoms with van der Waals surface area (Å²) >= 11 is 0. The molecule has 1 aliphatic heterocycles. The summed E-state index contributed by atoms with van der Waals surface area (Å²) in [6.45, 7) is 7.29. The summed E-state index contributed by atoms with van der Waals surface area (Å²) in [7, 11) is -3.81. The van der Waals surface area contributed by atoms with E-state index in [1.165, 1.54) is 4.31 Å². The fraction of sp³-hybridized carbons (Fsp3) is 0.556. The van der Waals surface area contributed by atoms with Gasteiger partial charge in [-0.1, -0.05) is 17.7 Å². The molecule has 2 rings (SSSR count). The van der Waals surface area contributed by atoms with Crippen LogP contribution in [0.3, 0.4) is 0 Å². The number of nitrogens with one attached hydrogen (secondary N) is 1. The molecule has 1 fully saturated rings. The van der Waals surface area contributed by atoms with Crippen molar-refractivity contribution in [2.24, 2.45) is 0 Å². The maximum absolute atomic E-state index is 13.2. The van der Waals surface area contributed by atoms with Crippen LogP contribution in [0.15, 0.2) is 17.0 Å². The van der Waals surface area contributed by atoms with Gasteiger partial charge in [-0.15, -0.1) is 0 Å². The highest BCUT2D eigenvalue weighted by Gasteiger charge is 2.40. The summed E-state index contributed by atoms with van der Waals surface area (Å²) in [6, 6.07) is 2.27. The molecule has 26 heavy (non-hydrogen) atoms. The van der Waals surface area contributed by atoms with Crippen LogP contribution in [-0.4, -0.2) is 48.3 Å². The third-order valence-corrected chi connectivity index (χ3v) is 6.76. The maximum Gasteiger partial charge on any atom is 0.305 e. The lowest BCUT2D eigenvalue weighted by atomic mass is 10.1. The number of aryl methyl sites for hydroxylation is 3. The van der Waals surface area contributed by atoms with Crippen LogP contribution < -0.4 is 5.32 Å². The molecule has 1 aliphatic rings. The lowest BCUT2D eigenvalue weighted by molar-refractivity contribution is -0.137. The zero-order valence-electron chi connectivity index (χ0n) is 15.6. The molecule has 8 heteroatoms. The monoisotopic (exact) mass is 382 g/mol. The summed E-state index contributed by atoms with van der Waals surface area (Å²) in [5.41, 5.74) is 2.30. The van der Waals surface area contributed by atoms with Crippen LogP contribution in [0.5, 0.6) is 0 Å². The average molecular weight is 382 g/mol. The third kappa shape index (κ3) is 4.24. The summed E-state index contributed by atoms with van der Waals surface area (Å²) < 4.78 is 27.7. The van der Waals surface area contributed by atoms with Crippen molar-refractivity contribution in [1.29, 1.82) is 0 Å². The highest BCUT2D eigenvalue weighted by molar-refractivity contribution is 7.89. The van der Waals surface area contributed by atoms with Gasteiger partial charge in [-0.3, -0.25) is 9.59 Å². The Balaban J connectivity index is 2.29. The molecule has 0 bridgehead atoms. The van der Waals surface area contributed by atoms with Gasteiger partial charge in [-0.25, -0.2) is 8.42 Å². The van der Waals surface area contributed by atoms with Gasteiger partial charge in [0.05, 0.1) is 11.3 Å². The smallest absolute Gasteiger partial charge is 0.305 e. The minimum Gasteiger partial charge on any atom is -0.481 e. The zero-order valence-corrected chi connectivity index (χ0v) is 16.4. The van der Waals surface area contributed by atoms with Crippen molar-refractivity contribution in [3.05, 3.63) is 28.8 Å². The van der Waals surface area contributed by atoms with E-state index in [9.17, 15) is 18.0 Å². The zero-order chi connectivity index (χ0) is 19.6. The molecular formula is C18H26N2O5S. The molecular weight excluding hydrogens is 356 g/mol. The standard InChI is InChI=1S/C18H26N2O5S/c1-11-8-12(2)17(13(3)9-11)26(24,25)20-7-5-6-15(20)18(23)19-14(4)10-16(21)22/h8-9,14-15H,5-7,10H2,1-4H3,(H,19,23)(H,21,22). The molecule has 0 spiro atoms. The van der Waals surface area contributed by atoms with Gasteiger partial charge < -0.3 is 10.4 Å². The molecule has 1 amide bonds. The number of benzene rings is 1. The third-order valence-electron chi connectivity index (χ3n) is 4.55. The lowest BCUT2D eigenvalue weighted by Gasteiger charge is -2.26. The first-order valence-corrected chi connectivity index (χ1v) is 10.1. The van der Waals surface area contributed by atoms with Gasteiger partial charge in [0.1, 0.15) is 6.04 Å². The Morgan fingerprint density at radius 3 is 2.38 bits per heavy atom. The molecule has 7 nitrogen and oxygen atoms in total. The number of carbonyl (C=O) groups excluding carboxylic acids is 1. The number of aliphatic carboxylic acids is 1. The Bertz CT molecular complexity index is 796. The van der Waals surface area contributed by atoms with Gasteiger partial charge in [-0.05, 0) is 51.7 Å². The molecule has 1 aromatic rings. The minimum atomic E-state index is -3.81. The van der Waals surface area contributed by atoms with Crippen molar-refractivity contribution in [1.82, 2.24) is 9.62 Å². The fourth-order valence-corrected chi connectivity index (χ4v) is 5.70. The molecule has 1 heterocycles. The first-order chi connectivity index (χ1) is 12.0. The Morgan fingerprint density at radius 1 is 1.27 bits per heavy atom. The molecule has 1 aromatic carbocycles. The number of sulfonamides is 1. The van der Waals surface area contributed by atoms with Gasteiger partial charge >= 0.3 is 5.97 Å². The molecule has 144 valence electrons. The van der Waals surface area contributed by atoms with Gasteiger partial charge in [0, 0.05) is 12.6 Å². The fourth-order valence-electron chi connectivity index (χ4n) is 3.63. The lowest BCUT2D eigenvalue weighted by Crippen LogP contribution is -2.48. The number of hydrogen-bond donors (Lipinski definition) is 2. The van der Waals surface area contributed by atoms with Crippen LogP contribution in [0, 0.1) is 20.8 Å². The quantitative estimate of drug-likeness (QED) is 0.780. The van der Waals surface area contributed by atoms with Crippen LogP contribution in [0.25, 0.3) is 0 Å². The van der Waals surface area contributed by atoms with E-state index < -0.39 is 34.0 Å². The predicted molar refractivity (Wildman–Crippen MR) is 97.4 cm³/mol. The summed E-state index contributed by atoms with van der Waals surface area (Å²) in [5, 5.41) is 11.4. The average Bonchev–Trinajstić information content (AvgIpc) is 2.94. The van der Waals surface area contributed by atoms with Crippen molar-refractivity contribution >= 4 is 21.9 Å². The van der Waals surface area contributed by atoms with Crippen LogP contribution in [0.4, 0.5) is 0 Å². The van der Waals surface area contributed by atoms with Gasteiger partial charge in [-0.2, -0.15) is 4.31 Å². The number of rotatable bonds is 6. The van der Waals surface area contributed by atoms with Crippen molar-refractivity contribution in [3.63, 3.8) is 0 Å². The van der Waals surface area contributed by atoms with Gasteiger partial charge in [0.25, 0.3) is 0 Å². The molecule has 2 atom stereocenters. The van der Waals surface area contributed by atoms with E-state index in [-0.39, 0.29) is 17.9 Å². The van der Waals surface area contributed by atoms with E-state index in [1.54, 1.807) is 20.8 Å². The predicted octanol–water partition coefficient (Wildman–Crippen LogP) is 1.74. The number of hydrogen-bond acceptors (Lipinski definition) is 4. The van der Waals surface area contributed by atoms with Crippen molar-refractivity contribution in [3.8, 4) is 0 Å². The number of carboxylic acid groups (broad SMARTS) is 1. The van der Waals surface area contributed by atoms with Crippen molar-refractivity contribution in [2.45, 2.75) is 63.9 Å². The van der Waals surface area contributed by atoms with Crippen molar-refractivity contribution in [2.75, 3.05) is 6.54 Å². The Hall–Kier alpha value is -1.93. The minimum absolute atomic E-state index is 0.207. The first-order valence-electron chi connectivity index (χ1n) is 8.66. The van der Waals surface area contributed by atoms with Crippen LogP contribution in [0.2, 0.25) is 0 Å². The normalized spacial score (nSPS) is 19.3. The highest BCUT2D eigenvalue weighted by Crippen LogP contribution is 2.30. The molecule has 2 unspecified atom stereocenters. The first kappa shape index (κ1) is 20.4. The molecule has 0 aliphatic carbocycles. The Kier molecular flexibility index (Phi) is 6.08. The largest absolute Gasteiger partial charge is 0.481 e. The van der Waals surface area contributed by atoms with E-state index in [1.807, 2.05) is 19.1 Å². The second-order valence-corrected chi connectivity index (χ2v) is 8.84. The number of carbonyl (C=O) groups is 2. The van der Waals surface area contributed by atoms with Crippen LogP contribution >= 0.6 is 0 Å². The summed E-state index contributed by atoms with van der Waals surface area (Å²) in [4.78, 5) is 23.6. The number of nitrogens with zero attached hydrogens (tertiary/aromatic N) is 1. The molecule has 0 radical (unpaired) electrons. The molecule has 2 N–H and O–H groups in total. The Morgan fingerprint density at radius 2 is 1.85 bits per heavy atom. The van der Waals surface area contributed by atoms with Gasteiger partial charge in [0.15, 0.2) is 0 Å². The molecule has 0 aromatic heterocycles. The molecule has 1 saturated heterocycles. The van der Waals surface area contributed by atoms with Crippen LogP contribution in [-0.2, 0) is 19.6 Å². The SMILES string of the molecule is Cc1cc(C)c(S(=O)(=O)N2CCCC2C(=O)NC(C)CC(=O)O)c(C)c1. The second kappa shape index (κ2) is 7.75. The van der Waals surface area contributed by atoms with E-state index >= 15 is 0 Å².